The number of hydrogen-bond donors (Lipinski definition) is 1. The molecule has 34 heavy (non-hydrogen) atoms. The third kappa shape index (κ3) is 5.20. The van der Waals surface area contributed by atoms with E-state index >= 15 is 0 Å². The van der Waals surface area contributed by atoms with E-state index in [1.165, 1.54) is 28.6 Å². The molecule has 12 heteroatoms. The van der Waals surface area contributed by atoms with Gasteiger partial charge in [-0.3, -0.25) is 9.36 Å². The highest BCUT2D eigenvalue weighted by Gasteiger charge is 2.25. The summed E-state index contributed by atoms with van der Waals surface area (Å²) in [6.45, 7) is 3.56. The van der Waals surface area contributed by atoms with Crippen molar-refractivity contribution in [2.45, 2.75) is 42.5 Å². The van der Waals surface area contributed by atoms with E-state index in [0.29, 0.717) is 35.6 Å². The summed E-state index contributed by atoms with van der Waals surface area (Å²) >= 11 is 1.02. The number of thiazole rings is 1. The Morgan fingerprint density at radius 1 is 0.971 bits per heavy atom. The number of aryl methyl sites for hydroxylation is 1. The van der Waals surface area contributed by atoms with Crippen LogP contribution in [0, 0.1) is 0 Å². The van der Waals surface area contributed by atoms with Crippen LogP contribution in [0.1, 0.15) is 26.2 Å². The minimum atomic E-state index is -3.77. The third-order valence-electron chi connectivity index (χ3n) is 5.71. The van der Waals surface area contributed by atoms with E-state index in [4.69, 9.17) is 4.74 Å². The van der Waals surface area contributed by atoms with Crippen LogP contribution in [0.4, 0.5) is 0 Å². The number of aromatic nitrogens is 1. The Morgan fingerprint density at radius 3 is 2.32 bits per heavy atom. The Balaban J connectivity index is 1.34. The van der Waals surface area contributed by atoms with Gasteiger partial charge in [0.05, 0.1) is 20.0 Å². The summed E-state index contributed by atoms with van der Waals surface area (Å²) in [4.78, 5) is 12.2. The number of ether oxygens (including phenoxy) is 1. The number of nitrogens with zero attached hydrogens (tertiary/aromatic N) is 2. The number of benzene rings is 2. The van der Waals surface area contributed by atoms with Gasteiger partial charge < -0.3 is 4.74 Å². The molecule has 0 unspecified atom stereocenters. The first kappa shape index (κ1) is 24.9. The quantitative estimate of drug-likeness (QED) is 0.430. The maximum absolute atomic E-state index is 12.7. The zero-order valence-corrected chi connectivity index (χ0v) is 21.2. The number of fused-ring (bicyclic) bond motifs is 1. The highest BCUT2D eigenvalue weighted by atomic mass is 32.2. The number of nitrogens with one attached hydrogen (secondary N) is 1. The maximum atomic E-state index is 12.7. The fraction of sp³-hybridized carbons (Fsp3) is 0.409. The number of rotatable bonds is 9. The summed E-state index contributed by atoms with van der Waals surface area (Å²) in [5, 5.41) is 0. The van der Waals surface area contributed by atoms with Crippen LogP contribution in [0.15, 0.2) is 57.1 Å². The first-order chi connectivity index (χ1) is 16.2. The van der Waals surface area contributed by atoms with Gasteiger partial charge in [0.15, 0.2) is 0 Å². The van der Waals surface area contributed by atoms with Crippen molar-refractivity contribution in [3.05, 3.63) is 52.1 Å². The monoisotopic (exact) mass is 525 g/mol. The lowest BCUT2D eigenvalue weighted by Crippen LogP contribution is -2.35. The van der Waals surface area contributed by atoms with Gasteiger partial charge in [-0.15, -0.1) is 0 Å². The summed E-state index contributed by atoms with van der Waals surface area (Å²) in [5.41, 5.74) is 0.713. The summed E-state index contributed by atoms with van der Waals surface area (Å²) < 4.78 is 62.5. The molecule has 0 aliphatic carbocycles. The average Bonchev–Trinajstić information content (AvgIpc) is 3.16. The molecule has 2 heterocycles. The molecule has 4 rings (SSSR count). The topological polar surface area (TPSA) is 115 Å². The van der Waals surface area contributed by atoms with Gasteiger partial charge in [0.1, 0.15) is 12.4 Å². The third-order valence-corrected chi connectivity index (χ3v) is 10.0. The Bertz CT molecular complexity index is 1420. The number of piperidine rings is 1. The second-order valence-electron chi connectivity index (χ2n) is 7.92. The van der Waals surface area contributed by atoms with Crippen molar-refractivity contribution < 1.29 is 21.6 Å². The fourth-order valence-electron chi connectivity index (χ4n) is 3.90. The van der Waals surface area contributed by atoms with Crippen LogP contribution in [0.3, 0.4) is 0 Å². The molecular weight excluding hydrogens is 498 g/mol. The normalized spacial score (nSPS) is 15.6. The molecule has 1 aliphatic rings. The van der Waals surface area contributed by atoms with Gasteiger partial charge in [0.25, 0.3) is 0 Å². The molecule has 0 bridgehead atoms. The van der Waals surface area contributed by atoms with Crippen molar-refractivity contribution in [3.8, 4) is 5.75 Å². The molecule has 1 fully saturated rings. The van der Waals surface area contributed by atoms with Crippen LogP contribution in [-0.2, 0) is 26.6 Å². The van der Waals surface area contributed by atoms with E-state index in [1.54, 1.807) is 22.8 Å². The van der Waals surface area contributed by atoms with Crippen molar-refractivity contribution in [1.29, 1.82) is 0 Å². The second-order valence-corrected chi connectivity index (χ2v) is 12.6. The SMILES string of the molecule is CCn1c(=O)sc2cc(S(=O)(=O)NCCOc3ccc(S(=O)(=O)N4CCCCC4)cc3)ccc21. The van der Waals surface area contributed by atoms with Crippen LogP contribution in [0.25, 0.3) is 10.2 Å². The molecule has 3 aromatic rings. The van der Waals surface area contributed by atoms with Crippen LogP contribution in [0.5, 0.6) is 5.75 Å². The molecule has 1 aliphatic heterocycles. The zero-order valence-electron chi connectivity index (χ0n) is 18.8. The Kier molecular flexibility index (Phi) is 7.43. The van der Waals surface area contributed by atoms with E-state index in [9.17, 15) is 21.6 Å². The number of hydrogen-bond acceptors (Lipinski definition) is 7. The second kappa shape index (κ2) is 10.2. The molecule has 1 N–H and O–H groups in total. The van der Waals surface area contributed by atoms with E-state index in [0.717, 1.165) is 30.6 Å². The van der Waals surface area contributed by atoms with Gasteiger partial charge in [-0.25, -0.2) is 21.6 Å². The summed E-state index contributed by atoms with van der Waals surface area (Å²) in [6, 6.07) is 10.8. The largest absolute Gasteiger partial charge is 0.492 e. The molecule has 1 saturated heterocycles. The fourth-order valence-corrected chi connectivity index (χ4v) is 7.53. The first-order valence-corrected chi connectivity index (χ1v) is 14.8. The van der Waals surface area contributed by atoms with Gasteiger partial charge in [-0.1, -0.05) is 17.8 Å². The smallest absolute Gasteiger partial charge is 0.308 e. The molecule has 0 saturated carbocycles. The molecule has 1 aromatic heterocycles. The predicted molar refractivity (Wildman–Crippen MR) is 131 cm³/mol. The maximum Gasteiger partial charge on any atom is 0.308 e. The Morgan fingerprint density at radius 2 is 1.65 bits per heavy atom. The Labute approximate surface area is 203 Å². The number of sulfonamides is 2. The van der Waals surface area contributed by atoms with Crippen molar-refractivity contribution in [2.24, 2.45) is 0 Å². The standard InChI is InChI=1S/C22H27N3O6S3/c1-2-25-20-11-10-19(16-21(20)32-22(25)26)33(27,28)23-12-15-31-17-6-8-18(9-7-17)34(29,30)24-13-4-3-5-14-24/h6-11,16,23H,2-5,12-15H2,1H3. The highest BCUT2D eigenvalue weighted by Crippen LogP contribution is 2.23. The minimum absolute atomic E-state index is 0.0282. The van der Waals surface area contributed by atoms with Gasteiger partial charge in [-0.05, 0) is 62.2 Å². The van der Waals surface area contributed by atoms with Crippen molar-refractivity contribution in [1.82, 2.24) is 13.6 Å². The van der Waals surface area contributed by atoms with Gasteiger partial charge in [0.2, 0.25) is 20.0 Å². The van der Waals surface area contributed by atoms with Gasteiger partial charge in [0, 0.05) is 26.2 Å². The molecule has 9 nitrogen and oxygen atoms in total. The van der Waals surface area contributed by atoms with Crippen LogP contribution in [-0.4, -0.2) is 51.9 Å². The summed E-state index contributed by atoms with van der Waals surface area (Å²) in [7, 11) is -7.28. The zero-order chi connectivity index (χ0) is 24.3. The van der Waals surface area contributed by atoms with Crippen LogP contribution < -0.4 is 14.3 Å². The van der Waals surface area contributed by atoms with Gasteiger partial charge >= 0.3 is 4.87 Å². The lowest BCUT2D eigenvalue weighted by Gasteiger charge is -2.25. The molecular formula is C22H27N3O6S3. The van der Waals surface area contributed by atoms with E-state index in [1.807, 2.05) is 6.92 Å². The molecule has 2 aromatic carbocycles. The predicted octanol–water partition coefficient (Wildman–Crippen LogP) is 2.61. The highest BCUT2D eigenvalue weighted by molar-refractivity contribution is 7.89. The van der Waals surface area contributed by atoms with E-state index in [-0.39, 0.29) is 27.8 Å². The first-order valence-electron chi connectivity index (χ1n) is 11.1. The van der Waals surface area contributed by atoms with E-state index in [2.05, 4.69) is 4.72 Å². The van der Waals surface area contributed by atoms with Crippen LogP contribution >= 0.6 is 11.3 Å². The molecule has 0 spiro atoms. The summed E-state index contributed by atoms with van der Waals surface area (Å²) in [5.74, 6) is 0.448. The summed E-state index contributed by atoms with van der Waals surface area (Å²) in [6.07, 6.45) is 2.79. The van der Waals surface area contributed by atoms with Crippen molar-refractivity contribution in [2.75, 3.05) is 26.2 Å². The molecule has 0 radical (unpaired) electrons. The van der Waals surface area contributed by atoms with Crippen LogP contribution in [0.2, 0.25) is 0 Å². The lowest BCUT2D eigenvalue weighted by atomic mass is 10.2. The minimum Gasteiger partial charge on any atom is -0.492 e. The van der Waals surface area contributed by atoms with Gasteiger partial charge in [-0.2, -0.15) is 4.31 Å². The lowest BCUT2D eigenvalue weighted by molar-refractivity contribution is 0.322. The molecule has 0 atom stereocenters. The van der Waals surface area contributed by atoms with Crippen molar-refractivity contribution in [3.63, 3.8) is 0 Å². The average molecular weight is 526 g/mol. The molecule has 184 valence electrons. The van der Waals surface area contributed by atoms with E-state index < -0.39 is 20.0 Å². The Hall–Kier alpha value is -2.25. The molecule has 0 amide bonds. The van der Waals surface area contributed by atoms with Crippen molar-refractivity contribution >= 4 is 41.6 Å².